The molecule has 4 aromatic carbocycles. The van der Waals surface area contributed by atoms with Crippen LogP contribution in [0.1, 0.15) is 181 Å². The molecule has 2 aliphatic rings. The third-order valence-corrected chi connectivity index (χ3v) is 15.1. The number of nitrogens with zero attached hydrogens (tertiary/aromatic N) is 4. The molecule has 385 valence electrons. The summed E-state index contributed by atoms with van der Waals surface area (Å²) in [4.78, 5) is 22.8. The van der Waals surface area contributed by atoms with Crippen LogP contribution in [0.3, 0.4) is 0 Å². The number of hydrogen-bond acceptors (Lipinski definition) is 2. The van der Waals surface area contributed by atoms with Crippen molar-refractivity contribution in [2.45, 2.75) is 157 Å². The summed E-state index contributed by atoms with van der Waals surface area (Å²) in [7, 11) is 0. The summed E-state index contributed by atoms with van der Waals surface area (Å²) < 4.78 is 1.01. The first-order chi connectivity index (χ1) is 33.8. The molecule has 8 bridgehead atoms. The molecular formula is C68H75BrCuN4. The van der Waals surface area contributed by atoms with Crippen molar-refractivity contribution in [1.82, 2.24) is 19.9 Å². The normalized spacial score (nSPS) is 13.4. The SMILES string of the molecule is CC(C)(C)c1cc(-c2c3nc(c(-c4cc(C(C)(C)C)cc(C(C)(C)C)c4)c4ccc([n-]4)c(-c4cc(C(C)(C)C)cc(C(C)(C)C)c4)c4nc(c(-c5ccc(Br)cc5)c5ccc2[n-]5)C=C4)C=C3)cc(C(C)(C)C)c1.[Cu+2]. The van der Waals surface area contributed by atoms with Crippen LogP contribution >= 0.6 is 15.9 Å². The van der Waals surface area contributed by atoms with Crippen molar-refractivity contribution in [2.24, 2.45) is 0 Å². The molecule has 5 heterocycles. The zero-order chi connectivity index (χ0) is 53.0. The molecule has 0 spiro atoms. The molecule has 0 aliphatic carbocycles. The molecule has 1 radical (unpaired) electrons. The van der Waals surface area contributed by atoms with Gasteiger partial charge in [-0.3, -0.25) is 0 Å². The second-order valence-electron chi connectivity index (χ2n) is 26.8. The van der Waals surface area contributed by atoms with Crippen molar-refractivity contribution >= 4 is 62.3 Å². The van der Waals surface area contributed by atoms with E-state index in [-0.39, 0.29) is 49.6 Å². The van der Waals surface area contributed by atoms with Crippen LogP contribution in [0.15, 0.2) is 108 Å². The number of fused-ring (bicyclic) bond motifs is 8. The Morgan fingerprint density at radius 1 is 0.297 bits per heavy atom. The number of hydrogen-bond donors (Lipinski definition) is 0. The molecule has 0 N–H and O–H groups in total. The molecule has 0 saturated carbocycles. The predicted octanol–water partition coefficient (Wildman–Crippen LogP) is 19.1. The fraction of sp³-hybridized carbons (Fsp3) is 0.353. The zero-order valence-corrected chi connectivity index (χ0v) is 49.6. The molecule has 9 rings (SSSR count). The molecule has 2 aliphatic heterocycles. The largest absolute Gasteiger partial charge is 2.00 e. The minimum absolute atomic E-state index is 0. The van der Waals surface area contributed by atoms with Crippen LogP contribution in [0.4, 0.5) is 0 Å². The molecule has 0 fully saturated rings. The van der Waals surface area contributed by atoms with Crippen LogP contribution in [0, 0.1) is 0 Å². The van der Waals surface area contributed by atoms with E-state index in [0.29, 0.717) is 0 Å². The van der Waals surface area contributed by atoms with Crippen molar-refractivity contribution < 1.29 is 17.1 Å². The van der Waals surface area contributed by atoms with E-state index >= 15 is 0 Å². The van der Waals surface area contributed by atoms with Crippen molar-refractivity contribution in [3.05, 3.63) is 164 Å². The van der Waals surface area contributed by atoms with Crippen LogP contribution < -0.4 is 9.97 Å². The fourth-order valence-corrected chi connectivity index (χ4v) is 10.1. The third kappa shape index (κ3) is 11.1. The first-order valence-corrected chi connectivity index (χ1v) is 26.9. The Morgan fingerprint density at radius 3 is 0.730 bits per heavy atom. The van der Waals surface area contributed by atoms with E-state index in [2.05, 4.69) is 268 Å². The van der Waals surface area contributed by atoms with Crippen LogP contribution in [0.2, 0.25) is 0 Å². The Balaban J connectivity index is 0.00000729. The van der Waals surface area contributed by atoms with Gasteiger partial charge in [0.25, 0.3) is 0 Å². The number of aromatic nitrogens is 4. The molecule has 4 nitrogen and oxygen atoms in total. The number of benzene rings is 4. The van der Waals surface area contributed by atoms with Crippen LogP contribution in [-0.4, -0.2) is 9.97 Å². The van der Waals surface area contributed by atoms with Gasteiger partial charge in [0.15, 0.2) is 0 Å². The van der Waals surface area contributed by atoms with Crippen LogP contribution in [0.25, 0.3) is 90.9 Å². The van der Waals surface area contributed by atoms with Gasteiger partial charge in [-0.25, -0.2) is 9.97 Å². The van der Waals surface area contributed by atoms with Gasteiger partial charge in [0.05, 0.1) is 22.8 Å². The van der Waals surface area contributed by atoms with E-state index in [0.717, 1.165) is 93.8 Å². The van der Waals surface area contributed by atoms with E-state index in [4.69, 9.17) is 19.9 Å². The van der Waals surface area contributed by atoms with E-state index in [1.807, 2.05) is 0 Å². The first-order valence-electron chi connectivity index (χ1n) is 26.1. The number of rotatable bonds is 4. The van der Waals surface area contributed by atoms with E-state index < -0.39 is 0 Å². The monoisotopic (exact) mass is 1090 g/mol. The summed E-state index contributed by atoms with van der Waals surface area (Å²) in [6.45, 7) is 41.4. The summed E-state index contributed by atoms with van der Waals surface area (Å²) in [5.74, 6) is 0. The van der Waals surface area contributed by atoms with Gasteiger partial charge < -0.3 is 9.97 Å². The summed E-state index contributed by atoms with van der Waals surface area (Å²) >= 11 is 3.72. The molecule has 74 heavy (non-hydrogen) atoms. The Labute approximate surface area is 461 Å². The van der Waals surface area contributed by atoms with Gasteiger partial charge in [0.2, 0.25) is 0 Å². The zero-order valence-electron chi connectivity index (χ0n) is 47.1. The Morgan fingerprint density at radius 2 is 0.514 bits per heavy atom. The van der Waals surface area contributed by atoms with Gasteiger partial charge in [0.1, 0.15) is 0 Å². The average molecular weight is 1090 g/mol. The first kappa shape index (κ1) is 54.7. The Kier molecular flexibility index (Phi) is 14.2. The molecule has 6 heteroatoms. The van der Waals surface area contributed by atoms with E-state index in [1.54, 1.807) is 0 Å². The van der Waals surface area contributed by atoms with E-state index in [9.17, 15) is 0 Å². The van der Waals surface area contributed by atoms with Crippen LogP contribution in [-0.2, 0) is 49.6 Å². The molecule has 0 saturated heterocycles. The van der Waals surface area contributed by atoms with Gasteiger partial charge in [-0.2, -0.15) is 0 Å². The van der Waals surface area contributed by atoms with Gasteiger partial charge in [0, 0.05) is 4.47 Å². The maximum absolute atomic E-state index is 5.76. The Bertz CT molecular complexity index is 3380. The second kappa shape index (κ2) is 19.2. The summed E-state index contributed by atoms with van der Waals surface area (Å²) in [6, 6.07) is 38.7. The Hall–Kier alpha value is -5.52. The van der Waals surface area contributed by atoms with Gasteiger partial charge in [-0.15, -0.1) is 22.1 Å². The van der Waals surface area contributed by atoms with Gasteiger partial charge >= 0.3 is 17.1 Å². The summed E-state index contributed by atoms with van der Waals surface area (Å²) in [5, 5.41) is 0. The van der Waals surface area contributed by atoms with Crippen molar-refractivity contribution in [3.8, 4) is 44.5 Å². The van der Waals surface area contributed by atoms with E-state index in [1.165, 1.54) is 33.4 Å². The fourth-order valence-electron chi connectivity index (χ4n) is 9.80. The average Bonchev–Trinajstić information content (AvgIpc) is 4.13. The topological polar surface area (TPSA) is 54.0 Å². The predicted molar refractivity (Wildman–Crippen MR) is 318 cm³/mol. The number of halogens is 1. The smallest absolute Gasteiger partial charge is 0.657 e. The van der Waals surface area contributed by atoms with Crippen molar-refractivity contribution in [1.29, 1.82) is 0 Å². The van der Waals surface area contributed by atoms with Crippen molar-refractivity contribution in [3.63, 3.8) is 0 Å². The minimum atomic E-state index is -0.105. The summed E-state index contributed by atoms with van der Waals surface area (Å²) in [6.07, 6.45) is 8.76. The van der Waals surface area contributed by atoms with Crippen LogP contribution in [0.5, 0.6) is 0 Å². The minimum Gasteiger partial charge on any atom is -0.657 e. The molecular weight excluding hydrogens is 1020 g/mol. The molecule has 0 atom stereocenters. The maximum atomic E-state index is 5.76. The second-order valence-corrected chi connectivity index (χ2v) is 27.7. The standard InChI is InChI=1S/C68H75BrN4.Cu/c1-63(2,3)44-31-41(32-45(37-44)64(4,5)6)60-53-25-23-51(70-53)59(40-19-21-50(69)22-20-40)52-24-26-54(71-52)61(42-33-46(65(7,8)9)38-47(34-42)66(10,11)12)56-28-30-58(73-56)62(57-29-27-55(60)72-57)43-35-48(67(13,14)15)39-49(36-43)68(16,17)18;/h19-39H,1-18H3;/q-2;+2. The maximum Gasteiger partial charge on any atom is 2.00 e. The molecule has 3 aromatic heterocycles. The quantitative estimate of drug-likeness (QED) is 0.165. The molecule has 7 aromatic rings. The van der Waals surface area contributed by atoms with Gasteiger partial charge in [-0.05, 0) is 147 Å². The van der Waals surface area contributed by atoms with Gasteiger partial charge in [-0.1, -0.05) is 232 Å². The molecule has 0 amide bonds. The third-order valence-electron chi connectivity index (χ3n) is 14.6. The van der Waals surface area contributed by atoms with Crippen molar-refractivity contribution in [2.75, 3.05) is 0 Å². The summed E-state index contributed by atoms with van der Waals surface area (Å²) in [5.41, 5.74) is 22.2. The molecule has 0 unspecified atom stereocenters.